The maximum atomic E-state index is 12.2. The summed E-state index contributed by atoms with van der Waals surface area (Å²) in [5, 5.41) is 0.237. The van der Waals surface area contributed by atoms with Crippen molar-refractivity contribution in [3.05, 3.63) is 18.0 Å². The maximum Gasteiger partial charge on any atom is 0.433 e. The Bertz CT molecular complexity index is 476. The lowest BCUT2D eigenvalue weighted by Crippen LogP contribution is -2.07. The van der Waals surface area contributed by atoms with Crippen molar-refractivity contribution in [3.63, 3.8) is 0 Å². The van der Waals surface area contributed by atoms with E-state index in [1.165, 1.54) is 0 Å². The van der Waals surface area contributed by atoms with Crippen LogP contribution in [0.3, 0.4) is 0 Å². The number of pyridine rings is 1. The molecule has 0 radical (unpaired) electrons. The molecule has 0 aromatic carbocycles. The van der Waals surface area contributed by atoms with Gasteiger partial charge in [0.15, 0.2) is 5.13 Å². The Kier molecular flexibility index (Phi) is 1.84. The third-order valence-electron chi connectivity index (χ3n) is 1.58. The maximum absolute atomic E-state index is 12.2. The van der Waals surface area contributed by atoms with Crippen LogP contribution in [-0.2, 0) is 6.18 Å². The Labute approximate surface area is 80.4 Å². The number of nitrogen functional groups attached to an aromatic ring is 1. The molecule has 2 rings (SSSR count). The number of nitrogens with zero attached hydrogens (tertiary/aromatic N) is 2. The van der Waals surface area contributed by atoms with Gasteiger partial charge in [-0.1, -0.05) is 11.3 Å². The zero-order valence-electron chi connectivity index (χ0n) is 6.67. The number of halogens is 3. The molecule has 2 heterocycles. The van der Waals surface area contributed by atoms with Gasteiger partial charge in [-0.3, -0.25) is 4.98 Å². The second kappa shape index (κ2) is 2.81. The van der Waals surface area contributed by atoms with Crippen LogP contribution in [-0.4, -0.2) is 9.97 Å². The summed E-state index contributed by atoms with van der Waals surface area (Å²) >= 11 is 1.11. The van der Waals surface area contributed by atoms with E-state index in [-0.39, 0.29) is 10.6 Å². The number of nitrogens with two attached hydrogens (primary N) is 1. The number of rotatable bonds is 0. The molecule has 0 amide bonds. The molecule has 3 nitrogen and oxygen atoms in total. The van der Waals surface area contributed by atoms with Crippen molar-refractivity contribution in [3.8, 4) is 0 Å². The van der Waals surface area contributed by atoms with E-state index in [0.29, 0.717) is 4.70 Å². The number of aromatic nitrogens is 2. The zero-order valence-corrected chi connectivity index (χ0v) is 7.49. The average Bonchev–Trinajstić information content (AvgIpc) is 2.41. The third kappa shape index (κ3) is 1.50. The van der Waals surface area contributed by atoms with Crippen LogP contribution in [0.4, 0.5) is 18.3 Å². The Morgan fingerprint density at radius 3 is 2.71 bits per heavy atom. The van der Waals surface area contributed by atoms with E-state index in [9.17, 15) is 13.2 Å². The molecule has 0 saturated carbocycles. The molecule has 0 aliphatic rings. The van der Waals surface area contributed by atoms with Gasteiger partial charge in [-0.05, 0) is 6.07 Å². The topological polar surface area (TPSA) is 51.8 Å². The van der Waals surface area contributed by atoms with Crippen molar-refractivity contribution in [1.82, 2.24) is 9.97 Å². The van der Waals surface area contributed by atoms with Gasteiger partial charge in [0, 0.05) is 6.20 Å². The highest BCUT2D eigenvalue weighted by Gasteiger charge is 2.32. The van der Waals surface area contributed by atoms with Gasteiger partial charge in [0.05, 0.1) is 10.2 Å². The first kappa shape index (κ1) is 9.20. The fraction of sp³-hybridized carbons (Fsp3) is 0.143. The highest BCUT2D eigenvalue weighted by Crippen LogP contribution is 2.31. The molecular weight excluding hydrogens is 215 g/mol. The minimum Gasteiger partial charge on any atom is -0.375 e. The molecule has 0 spiro atoms. The SMILES string of the molecule is Nc1nc2cc(C(F)(F)F)ncc2s1. The highest BCUT2D eigenvalue weighted by molar-refractivity contribution is 7.22. The molecule has 2 aromatic heterocycles. The molecule has 0 bridgehead atoms. The number of fused-ring (bicyclic) bond motifs is 1. The molecule has 7 heteroatoms. The quantitative estimate of drug-likeness (QED) is 0.739. The van der Waals surface area contributed by atoms with Gasteiger partial charge < -0.3 is 5.73 Å². The van der Waals surface area contributed by atoms with Crippen molar-refractivity contribution < 1.29 is 13.2 Å². The fourth-order valence-electron chi connectivity index (χ4n) is 1.01. The van der Waals surface area contributed by atoms with E-state index in [4.69, 9.17) is 5.73 Å². The molecular formula is C7H4F3N3S. The highest BCUT2D eigenvalue weighted by atomic mass is 32.1. The molecule has 0 aliphatic carbocycles. The van der Waals surface area contributed by atoms with Crippen LogP contribution in [0.2, 0.25) is 0 Å². The first-order valence-electron chi connectivity index (χ1n) is 3.56. The molecule has 74 valence electrons. The second-order valence-corrected chi connectivity index (χ2v) is 3.65. The summed E-state index contributed by atoms with van der Waals surface area (Å²) in [6, 6.07) is 0.891. The van der Waals surface area contributed by atoms with Gasteiger partial charge in [0.1, 0.15) is 5.69 Å². The van der Waals surface area contributed by atoms with Crippen molar-refractivity contribution in [1.29, 1.82) is 0 Å². The van der Waals surface area contributed by atoms with E-state index in [1.807, 2.05) is 0 Å². The van der Waals surface area contributed by atoms with Gasteiger partial charge in [0.2, 0.25) is 0 Å². The minimum atomic E-state index is -4.44. The summed E-state index contributed by atoms with van der Waals surface area (Å²) < 4.78 is 37.2. The predicted octanol–water partition coefficient (Wildman–Crippen LogP) is 2.29. The van der Waals surface area contributed by atoms with Crippen LogP contribution in [0, 0.1) is 0 Å². The van der Waals surface area contributed by atoms with Crippen LogP contribution < -0.4 is 5.73 Å². The van der Waals surface area contributed by atoms with Crippen LogP contribution in [0.15, 0.2) is 12.3 Å². The number of anilines is 1. The van der Waals surface area contributed by atoms with Crippen molar-refractivity contribution in [2.45, 2.75) is 6.18 Å². The standard InChI is InChI=1S/C7H4F3N3S/c8-7(9,10)5-1-3-4(2-12-5)14-6(11)13-3/h1-2H,(H2,11,13). The van der Waals surface area contributed by atoms with Gasteiger partial charge in [-0.15, -0.1) is 0 Å². The smallest absolute Gasteiger partial charge is 0.375 e. The van der Waals surface area contributed by atoms with Crippen LogP contribution in [0.25, 0.3) is 10.2 Å². The van der Waals surface area contributed by atoms with Crippen molar-refractivity contribution in [2.75, 3.05) is 5.73 Å². The monoisotopic (exact) mass is 219 g/mol. The first-order chi connectivity index (χ1) is 6.47. The Morgan fingerprint density at radius 2 is 2.07 bits per heavy atom. The van der Waals surface area contributed by atoms with Crippen LogP contribution in [0.5, 0.6) is 0 Å². The second-order valence-electron chi connectivity index (χ2n) is 2.59. The fourth-order valence-corrected chi connectivity index (χ4v) is 1.69. The Balaban J connectivity index is 2.62. The van der Waals surface area contributed by atoms with E-state index >= 15 is 0 Å². The molecule has 0 saturated heterocycles. The molecule has 2 N–H and O–H groups in total. The lowest BCUT2D eigenvalue weighted by molar-refractivity contribution is -0.141. The molecule has 0 unspecified atom stereocenters. The average molecular weight is 219 g/mol. The Hall–Kier alpha value is -1.37. The Morgan fingerprint density at radius 1 is 1.36 bits per heavy atom. The summed E-state index contributed by atoms with van der Waals surface area (Å²) in [5.41, 5.74) is 4.63. The number of alkyl halides is 3. The lowest BCUT2D eigenvalue weighted by atomic mass is 10.3. The molecule has 2 aromatic rings. The van der Waals surface area contributed by atoms with E-state index < -0.39 is 11.9 Å². The van der Waals surface area contributed by atoms with E-state index in [2.05, 4.69) is 9.97 Å². The summed E-state index contributed by atoms with van der Waals surface area (Å²) in [6.07, 6.45) is -3.31. The molecule has 0 aliphatic heterocycles. The van der Waals surface area contributed by atoms with E-state index in [1.54, 1.807) is 0 Å². The largest absolute Gasteiger partial charge is 0.433 e. The summed E-state index contributed by atoms with van der Waals surface area (Å²) in [7, 11) is 0. The van der Waals surface area contributed by atoms with Crippen molar-refractivity contribution in [2.24, 2.45) is 0 Å². The number of thiazole rings is 1. The van der Waals surface area contributed by atoms with Gasteiger partial charge in [-0.2, -0.15) is 13.2 Å². The van der Waals surface area contributed by atoms with Crippen LogP contribution in [0.1, 0.15) is 5.69 Å². The zero-order chi connectivity index (χ0) is 10.3. The number of hydrogen-bond acceptors (Lipinski definition) is 4. The normalized spacial score (nSPS) is 12.2. The van der Waals surface area contributed by atoms with Crippen molar-refractivity contribution >= 4 is 26.7 Å². The third-order valence-corrected chi connectivity index (χ3v) is 2.42. The summed E-state index contributed by atoms with van der Waals surface area (Å²) in [5.74, 6) is 0. The summed E-state index contributed by atoms with van der Waals surface area (Å²) in [6.45, 7) is 0. The van der Waals surface area contributed by atoms with Gasteiger partial charge >= 0.3 is 6.18 Å². The minimum absolute atomic E-state index is 0.231. The summed E-state index contributed by atoms with van der Waals surface area (Å²) in [4.78, 5) is 7.02. The molecule has 0 atom stereocenters. The molecule has 14 heavy (non-hydrogen) atoms. The first-order valence-corrected chi connectivity index (χ1v) is 4.38. The van der Waals surface area contributed by atoms with Gasteiger partial charge in [0.25, 0.3) is 0 Å². The van der Waals surface area contributed by atoms with Gasteiger partial charge in [-0.25, -0.2) is 4.98 Å². The van der Waals surface area contributed by atoms with Crippen LogP contribution >= 0.6 is 11.3 Å². The molecule has 0 fully saturated rings. The lowest BCUT2D eigenvalue weighted by Gasteiger charge is -2.03. The predicted molar refractivity (Wildman–Crippen MR) is 46.8 cm³/mol. The van der Waals surface area contributed by atoms with E-state index in [0.717, 1.165) is 23.6 Å². The number of hydrogen-bond donors (Lipinski definition) is 1.